The Morgan fingerprint density at radius 3 is 2.61 bits per heavy atom. The van der Waals surface area contributed by atoms with Gasteiger partial charge in [-0.3, -0.25) is 4.79 Å². The van der Waals surface area contributed by atoms with E-state index in [1.54, 1.807) is 29.5 Å². The van der Waals surface area contributed by atoms with E-state index in [4.69, 9.17) is 0 Å². The molecule has 2 N–H and O–H groups in total. The molecular weight excluding hydrogens is 370 g/mol. The van der Waals surface area contributed by atoms with E-state index in [1.807, 2.05) is 42.5 Å². The molecule has 2 aromatic heterocycles. The molecule has 0 fully saturated rings. The first-order valence-electron chi connectivity index (χ1n) is 8.80. The van der Waals surface area contributed by atoms with E-state index in [1.165, 1.54) is 4.70 Å². The number of rotatable bonds is 4. The maximum atomic E-state index is 12.5. The molecule has 5 rings (SSSR count). The molecule has 0 unspecified atom stereocenters. The summed E-state index contributed by atoms with van der Waals surface area (Å²) < 4.78 is 1.20. The summed E-state index contributed by atoms with van der Waals surface area (Å²) in [6, 6.07) is 21.2. The van der Waals surface area contributed by atoms with Gasteiger partial charge in [-0.25, -0.2) is 4.98 Å². The van der Waals surface area contributed by atoms with Gasteiger partial charge in [0.2, 0.25) is 0 Å². The van der Waals surface area contributed by atoms with Gasteiger partial charge in [-0.05, 0) is 48.0 Å². The normalized spacial score (nSPS) is 11.1. The number of nitrogens with zero attached hydrogens (tertiary/aromatic N) is 3. The third-order valence-corrected chi connectivity index (χ3v) is 5.52. The van der Waals surface area contributed by atoms with Crippen molar-refractivity contribution in [2.24, 2.45) is 0 Å². The van der Waals surface area contributed by atoms with Crippen LogP contribution in [0.2, 0.25) is 0 Å². The molecule has 3 aromatic carbocycles. The molecule has 0 atom stereocenters. The molecule has 0 saturated heterocycles. The lowest BCUT2D eigenvalue weighted by atomic mass is 10.1. The van der Waals surface area contributed by atoms with Crippen LogP contribution in [0.1, 0.15) is 20.9 Å². The highest BCUT2D eigenvalue weighted by molar-refractivity contribution is 7.18. The maximum Gasteiger partial charge on any atom is 0.255 e. The molecule has 0 radical (unpaired) electrons. The number of anilines is 1. The van der Waals surface area contributed by atoms with Crippen LogP contribution in [0, 0.1) is 0 Å². The summed E-state index contributed by atoms with van der Waals surface area (Å²) in [5.74, 6) is -0.177. The van der Waals surface area contributed by atoms with Gasteiger partial charge >= 0.3 is 0 Å². The van der Waals surface area contributed by atoms with Crippen molar-refractivity contribution in [1.29, 1.82) is 0 Å². The summed E-state index contributed by atoms with van der Waals surface area (Å²) in [6.45, 7) is 0. The van der Waals surface area contributed by atoms with Crippen LogP contribution in [-0.4, -0.2) is 26.3 Å². The number of nitrogens with one attached hydrogen (secondary N) is 2. The zero-order chi connectivity index (χ0) is 18.9. The number of H-pyrrole nitrogens is 1. The molecule has 136 valence electrons. The first-order valence-corrected chi connectivity index (χ1v) is 9.61. The lowest BCUT2D eigenvalue weighted by Gasteiger charge is -2.06. The largest absolute Gasteiger partial charge is 0.322 e. The number of thiazole rings is 1. The monoisotopic (exact) mass is 385 g/mol. The van der Waals surface area contributed by atoms with Crippen LogP contribution >= 0.6 is 11.3 Å². The van der Waals surface area contributed by atoms with Crippen molar-refractivity contribution < 1.29 is 4.79 Å². The van der Waals surface area contributed by atoms with Gasteiger partial charge in [0.15, 0.2) is 0 Å². The van der Waals surface area contributed by atoms with Crippen LogP contribution in [0.3, 0.4) is 0 Å². The molecule has 5 aromatic rings. The number of carbonyl (C=O) groups is 1. The third kappa shape index (κ3) is 3.23. The van der Waals surface area contributed by atoms with Crippen molar-refractivity contribution in [3.8, 4) is 0 Å². The summed E-state index contributed by atoms with van der Waals surface area (Å²) in [5, 5.41) is 14.6. The van der Waals surface area contributed by atoms with Gasteiger partial charge in [0, 0.05) is 17.7 Å². The van der Waals surface area contributed by atoms with Crippen LogP contribution in [0.15, 0.2) is 66.7 Å². The van der Waals surface area contributed by atoms with Crippen molar-refractivity contribution in [2.45, 2.75) is 6.42 Å². The van der Waals surface area contributed by atoms with Crippen LogP contribution < -0.4 is 5.32 Å². The van der Waals surface area contributed by atoms with Crippen molar-refractivity contribution in [3.05, 3.63) is 82.9 Å². The quantitative estimate of drug-likeness (QED) is 0.480. The third-order valence-electron chi connectivity index (χ3n) is 4.48. The fraction of sp³-hybridized carbons (Fsp3) is 0.0476. The number of amides is 1. The van der Waals surface area contributed by atoms with Crippen molar-refractivity contribution in [1.82, 2.24) is 20.4 Å². The average Bonchev–Trinajstić information content (AvgIpc) is 3.34. The molecular formula is C21H15N5OS. The molecule has 0 saturated carbocycles. The topological polar surface area (TPSA) is 83.6 Å². The van der Waals surface area contributed by atoms with E-state index in [9.17, 15) is 4.79 Å². The number of hydrogen-bond acceptors (Lipinski definition) is 5. The van der Waals surface area contributed by atoms with E-state index in [2.05, 4.69) is 31.8 Å². The fourth-order valence-electron chi connectivity index (χ4n) is 3.06. The SMILES string of the molecule is O=C(Nc1ccc(Cc2nc3ccccc3s2)cc1)c1ccc2n[nH]nc2c1. The predicted molar refractivity (Wildman–Crippen MR) is 111 cm³/mol. The Morgan fingerprint density at radius 1 is 0.929 bits per heavy atom. The summed E-state index contributed by atoms with van der Waals surface area (Å²) in [5.41, 5.74) is 4.88. The summed E-state index contributed by atoms with van der Waals surface area (Å²) in [7, 11) is 0. The Kier molecular flexibility index (Phi) is 4.06. The van der Waals surface area contributed by atoms with Gasteiger partial charge < -0.3 is 5.32 Å². The Hall–Kier alpha value is -3.58. The minimum absolute atomic E-state index is 0.177. The lowest BCUT2D eigenvalue weighted by Crippen LogP contribution is -2.11. The Bertz CT molecular complexity index is 1260. The second-order valence-corrected chi connectivity index (χ2v) is 7.55. The molecule has 2 heterocycles. The van der Waals surface area contributed by atoms with E-state index >= 15 is 0 Å². The number of para-hydroxylation sites is 1. The molecule has 7 heteroatoms. The molecule has 6 nitrogen and oxygen atoms in total. The standard InChI is InChI=1S/C21H15N5OS/c27-21(14-7-10-16-18(12-14)25-26-24-16)22-15-8-5-13(6-9-15)11-20-23-17-3-1-2-4-19(17)28-20/h1-10,12H,11H2,(H,22,27)(H,24,25,26). The summed E-state index contributed by atoms with van der Waals surface area (Å²) >= 11 is 1.71. The van der Waals surface area contributed by atoms with E-state index < -0.39 is 0 Å². The van der Waals surface area contributed by atoms with Crippen LogP contribution in [0.25, 0.3) is 21.3 Å². The smallest absolute Gasteiger partial charge is 0.255 e. The molecule has 28 heavy (non-hydrogen) atoms. The Labute approximate surface area is 164 Å². The van der Waals surface area contributed by atoms with Crippen molar-refractivity contribution >= 4 is 44.2 Å². The first kappa shape index (κ1) is 16.6. The van der Waals surface area contributed by atoms with Gasteiger partial charge in [0.05, 0.1) is 15.2 Å². The van der Waals surface area contributed by atoms with Crippen LogP contribution in [0.4, 0.5) is 5.69 Å². The molecule has 0 aliphatic carbocycles. The Balaban J connectivity index is 1.29. The highest BCUT2D eigenvalue weighted by Gasteiger charge is 2.09. The minimum atomic E-state index is -0.177. The zero-order valence-electron chi connectivity index (χ0n) is 14.7. The lowest BCUT2D eigenvalue weighted by molar-refractivity contribution is 0.102. The number of aromatic amines is 1. The number of carbonyl (C=O) groups excluding carboxylic acids is 1. The predicted octanol–water partition coefficient (Wildman–Crippen LogP) is 4.41. The maximum absolute atomic E-state index is 12.5. The molecule has 1 amide bonds. The van der Waals surface area contributed by atoms with Crippen LogP contribution in [-0.2, 0) is 6.42 Å². The summed E-state index contributed by atoms with van der Waals surface area (Å²) in [4.78, 5) is 17.2. The van der Waals surface area contributed by atoms with E-state index in [0.717, 1.165) is 33.7 Å². The van der Waals surface area contributed by atoms with Crippen molar-refractivity contribution in [2.75, 3.05) is 5.32 Å². The summed E-state index contributed by atoms with van der Waals surface area (Å²) in [6.07, 6.45) is 0.774. The average molecular weight is 385 g/mol. The first-order chi connectivity index (χ1) is 13.7. The number of fused-ring (bicyclic) bond motifs is 2. The van der Waals surface area contributed by atoms with E-state index in [-0.39, 0.29) is 5.91 Å². The van der Waals surface area contributed by atoms with Crippen molar-refractivity contribution in [3.63, 3.8) is 0 Å². The Morgan fingerprint density at radius 2 is 1.75 bits per heavy atom. The molecule has 0 aliphatic heterocycles. The second kappa shape index (κ2) is 6.86. The van der Waals surface area contributed by atoms with E-state index in [0.29, 0.717) is 11.1 Å². The zero-order valence-corrected chi connectivity index (χ0v) is 15.5. The van der Waals surface area contributed by atoms with Crippen LogP contribution in [0.5, 0.6) is 0 Å². The number of benzene rings is 3. The highest BCUT2D eigenvalue weighted by atomic mass is 32.1. The molecule has 0 bridgehead atoms. The van der Waals surface area contributed by atoms with Gasteiger partial charge in [-0.2, -0.15) is 15.4 Å². The second-order valence-electron chi connectivity index (χ2n) is 6.43. The number of aromatic nitrogens is 4. The molecule has 0 aliphatic rings. The van der Waals surface area contributed by atoms with Gasteiger partial charge in [-0.1, -0.05) is 24.3 Å². The van der Waals surface area contributed by atoms with Gasteiger partial charge in [0.25, 0.3) is 5.91 Å². The minimum Gasteiger partial charge on any atom is -0.322 e. The fourth-order valence-corrected chi connectivity index (χ4v) is 4.06. The number of hydrogen-bond donors (Lipinski definition) is 2. The molecule has 0 spiro atoms. The van der Waals surface area contributed by atoms with Gasteiger partial charge in [0.1, 0.15) is 11.0 Å². The highest BCUT2D eigenvalue weighted by Crippen LogP contribution is 2.24. The van der Waals surface area contributed by atoms with Gasteiger partial charge in [-0.15, -0.1) is 11.3 Å².